The number of hydrogen-bond donors (Lipinski definition) is 1. The molecule has 1 N–H and O–H groups in total. The Bertz CT molecular complexity index is 642. The maximum absolute atomic E-state index is 11.6. The van der Waals surface area contributed by atoms with Crippen molar-refractivity contribution in [3.8, 4) is 5.75 Å². The SMILES string of the molecule is CC(N[C@H]1C[C@@H](Oc2ccccc2)C1(C)C)C1CCS(=O)(=O)CC1. The Morgan fingerprint density at radius 1 is 1.17 bits per heavy atom. The maximum atomic E-state index is 11.6. The van der Waals surface area contributed by atoms with Crippen molar-refractivity contribution in [3.05, 3.63) is 30.3 Å². The topological polar surface area (TPSA) is 55.4 Å². The molecule has 1 unspecified atom stereocenters. The number of hydrogen-bond acceptors (Lipinski definition) is 4. The fourth-order valence-corrected chi connectivity index (χ4v) is 5.42. The Balaban J connectivity index is 1.52. The lowest BCUT2D eigenvalue weighted by Gasteiger charge is -2.53. The summed E-state index contributed by atoms with van der Waals surface area (Å²) in [5, 5.41) is 3.74. The molecule has 0 bridgehead atoms. The average molecular weight is 352 g/mol. The molecular weight excluding hydrogens is 322 g/mol. The van der Waals surface area contributed by atoms with Crippen LogP contribution in [0.3, 0.4) is 0 Å². The van der Waals surface area contributed by atoms with E-state index in [0.29, 0.717) is 29.5 Å². The van der Waals surface area contributed by atoms with Crippen LogP contribution in [0.25, 0.3) is 0 Å². The van der Waals surface area contributed by atoms with Crippen LogP contribution in [0.2, 0.25) is 0 Å². The second-order valence-electron chi connectivity index (χ2n) is 7.97. The van der Waals surface area contributed by atoms with Crippen molar-refractivity contribution < 1.29 is 13.2 Å². The lowest BCUT2D eigenvalue weighted by atomic mass is 9.64. The van der Waals surface area contributed by atoms with Crippen LogP contribution in [0.5, 0.6) is 5.75 Å². The highest BCUT2D eigenvalue weighted by atomic mass is 32.2. The maximum Gasteiger partial charge on any atom is 0.150 e. The van der Waals surface area contributed by atoms with Crippen LogP contribution in [0.15, 0.2) is 30.3 Å². The fraction of sp³-hybridized carbons (Fsp3) is 0.684. The summed E-state index contributed by atoms with van der Waals surface area (Å²) in [5.41, 5.74) is 0.0743. The van der Waals surface area contributed by atoms with E-state index in [4.69, 9.17) is 4.74 Å². The van der Waals surface area contributed by atoms with Crippen LogP contribution < -0.4 is 10.1 Å². The highest BCUT2D eigenvalue weighted by Crippen LogP contribution is 2.43. The van der Waals surface area contributed by atoms with E-state index in [1.54, 1.807) is 0 Å². The number of nitrogens with one attached hydrogen (secondary N) is 1. The molecule has 0 aromatic heterocycles. The summed E-state index contributed by atoms with van der Waals surface area (Å²) in [7, 11) is -2.78. The summed E-state index contributed by atoms with van der Waals surface area (Å²) in [6.07, 6.45) is 2.79. The third-order valence-corrected chi connectivity index (χ3v) is 7.69. The van der Waals surface area contributed by atoms with Crippen LogP contribution in [-0.4, -0.2) is 38.1 Å². The summed E-state index contributed by atoms with van der Waals surface area (Å²) in [5.74, 6) is 2.08. The highest BCUT2D eigenvalue weighted by molar-refractivity contribution is 7.91. The second-order valence-corrected chi connectivity index (χ2v) is 10.3. The van der Waals surface area contributed by atoms with E-state index in [-0.39, 0.29) is 11.5 Å². The molecule has 5 heteroatoms. The van der Waals surface area contributed by atoms with E-state index in [9.17, 15) is 8.42 Å². The number of sulfone groups is 1. The van der Waals surface area contributed by atoms with E-state index >= 15 is 0 Å². The van der Waals surface area contributed by atoms with Gasteiger partial charge in [0.15, 0.2) is 0 Å². The molecule has 1 saturated heterocycles. The van der Waals surface area contributed by atoms with Gasteiger partial charge in [-0.15, -0.1) is 0 Å². The van der Waals surface area contributed by atoms with E-state index in [1.165, 1.54) is 0 Å². The molecule has 1 aliphatic carbocycles. The first-order valence-electron chi connectivity index (χ1n) is 8.96. The minimum Gasteiger partial charge on any atom is -0.490 e. The van der Waals surface area contributed by atoms with Gasteiger partial charge in [0, 0.05) is 23.9 Å². The van der Waals surface area contributed by atoms with Crippen LogP contribution in [0.4, 0.5) is 0 Å². The van der Waals surface area contributed by atoms with Crippen molar-refractivity contribution >= 4 is 9.84 Å². The number of rotatable bonds is 5. The van der Waals surface area contributed by atoms with Gasteiger partial charge in [0.05, 0.1) is 11.5 Å². The number of para-hydroxylation sites is 1. The zero-order valence-corrected chi connectivity index (χ0v) is 15.7. The summed E-state index contributed by atoms with van der Waals surface area (Å²) in [4.78, 5) is 0. The molecule has 134 valence electrons. The van der Waals surface area contributed by atoms with Crippen molar-refractivity contribution in [3.63, 3.8) is 0 Å². The van der Waals surface area contributed by atoms with Crippen LogP contribution in [-0.2, 0) is 9.84 Å². The molecule has 2 fully saturated rings. The fourth-order valence-electron chi connectivity index (χ4n) is 3.89. The standard InChI is InChI=1S/C19H29NO3S/c1-14(15-9-11-24(21,22)12-10-15)20-17-13-18(19(17,2)3)23-16-7-5-4-6-8-16/h4-8,14-15,17-18,20H,9-13H2,1-3H3/t14?,17-,18+/m0/s1. The number of benzene rings is 1. The van der Waals surface area contributed by atoms with Gasteiger partial charge in [-0.05, 0) is 37.8 Å². The molecule has 0 amide bonds. The lowest BCUT2D eigenvalue weighted by molar-refractivity contribution is -0.0604. The smallest absolute Gasteiger partial charge is 0.150 e. The first-order valence-corrected chi connectivity index (χ1v) is 10.8. The van der Waals surface area contributed by atoms with Crippen molar-refractivity contribution in [2.24, 2.45) is 11.3 Å². The lowest BCUT2D eigenvalue weighted by Crippen LogP contribution is -2.64. The molecule has 3 atom stereocenters. The Labute approximate surface area is 145 Å². The molecule has 4 nitrogen and oxygen atoms in total. The van der Waals surface area contributed by atoms with Gasteiger partial charge in [-0.3, -0.25) is 0 Å². The van der Waals surface area contributed by atoms with Crippen molar-refractivity contribution in [2.75, 3.05) is 11.5 Å². The van der Waals surface area contributed by atoms with Gasteiger partial charge >= 0.3 is 0 Å². The van der Waals surface area contributed by atoms with Gasteiger partial charge in [0.25, 0.3) is 0 Å². The van der Waals surface area contributed by atoms with E-state index < -0.39 is 9.84 Å². The number of ether oxygens (including phenoxy) is 1. The highest BCUT2D eigenvalue weighted by Gasteiger charge is 2.50. The van der Waals surface area contributed by atoms with E-state index in [1.807, 2.05) is 30.3 Å². The first kappa shape index (κ1) is 17.7. The monoisotopic (exact) mass is 351 g/mol. The molecule has 3 rings (SSSR count). The third kappa shape index (κ3) is 3.77. The Kier molecular flexibility index (Phi) is 4.94. The summed E-state index contributed by atoms with van der Waals surface area (Å²) < 4.78 is 29.3. The van der Waals surface area contributed by atoms with Gasteiger partial charge in [-0.2, -0.15) is 0 Å². The molecule has 0 radical (unpaired) electrons. The second kappa shape index (κ2) is 6.68. The van der Waals surface area contributed by atoms with Crippen molar-refractivity contribution in [2.45, 2.75) is 58.2 Å². The molecule has 1 aromatic carbocycles. The predicted octanol–water partition coefficient (Wildman–Crippen LogP) is 3.04. The molecule has 1 aromatic rings. The summed E-state index contributed by atoms with van der Waals surface area (Å²) in [6.45, 7) is 6.70. The van der Waals surface area contributed by atoms with Gasteiger partial charge in [0.1, 0.15) is 21.7 Å². The van der Waals surface area contributed by atoms with E-state index in [2.05, 4.69) is 26.1 Å². The molecule has 1 heterocycles. The van der Waals surface area contributed by atoms with Crippen LogP contribution >= 0.6 is 0 Å². The molecule has 1 saturated carbocycles. The Morgan fingerprint density at radius 3 is 2.38 bits per heavy atom. The minimum absolute atomic E-state index is 0.0743. The average Bonchev–Trinajstić information content (AvgIpc) is 2.54. The zero-order valence-electron chi connectivity index (χ0n) is 14.9. The normalized spacial score (nSPS) is 30.3. The molecule has 2 aliphatic rings. The summed E-state index contributed by atoms with van der Waals surface area (Å²) in [6, 6.07) is 10.8. The van der Waals surface area contributed by atoms with Gasteiger partial charge in [0.2, 0.25) is 0 Å². The van der Waals surface area contributed by atoms with Gasteiger partial charge < -0.3 is 10.1 Å². The largest absolute Gasteiger partial charge is 0.490 e. The Hall–Kier alpha value is -1.07. The predicted molar refractivity (Wildman–Crippen MR) is 97.0 cm³/mol. The zero-order chi connectivity index (χ0) is 17.4. The third-order valence-electron chi connectivity index (χ3n) is 5.97. The van der Waals surface area contributed by atoms with E-state index in [0.717, 1.165) is 25.0 Å². The first-order chi connectivity index (χ1) is 11.3. The van der Waals surface area contributed by atoms with Gasteiger partial charge in [-0.1, -0.05) is 32.0 Å². The molecule has 1 aliphatic heterocycles. The van der Waals surface area contributed by atoms with Crippen LogP contribution in [0.1, 0.15) is 40.0 Å². The van der Waals surface area contributed by atoms with Gasteiger partial charge in [-0.25, -0.2) is 8.42 Å². The minimum atomic E-state index is -2.78. The van der Waals surface area contributed by atoms with Crippen LogP contribution in [0, 0.1) is 11.3 Å². The van der Waals surface area contributed by atoms with Crippen molar-refractivity contribution in [1.29, 1.82) is 0 Å². The molecule has 0 spiro atoms. The Morgan fingerprint density at radius 2 is 1.79 bits per heavy atom. The molecule has 24 heavy (non-hydrogen) atoms. The van der Waals surface area contributed by atoms with Crippen molar-refractivity contribution in [1.82, 2.24) is 5.32 Å². The summed E-state index contributed by atoms with van der Waals surface area (Å²) >= 11 is 0. The molecular formula is C19H29NO3S. The quantitative estimate of drug-likeness (QED) is 0.886.